The number of nitrogens with zero attached hydrogens (tertiary/aromatic N) is 2. The Kier molecular flexibility index (Phi) is 6.56. The summed E-state index contributed by atoms with van der Waals surface area (Å²) < 4.78 is 29.2. The van der Waals surface area contributed by atoms with Crippen LogP contribution in [0.2, 0.25) is 0 Å². The van der Waals surface area contributed by atoms with E-state index in [1.807, 2.05) is 42.7 Å². The highest BCUT2D eigenvalue weighted by molar-refractivity contribution is 9.10. The third-order valence-corrected chi connectivity index (χ3v) is 8.68. The highest BCUT2D eigenvalue weighted by atomic mass is 79.9. The summed E-state index contributed by atoms with van der Waals surface area (Å²) >= 11 is 5.15. The largest absolute Gasteiger partial charge is 0.339 e. The maximum atomic E-state index is 13.4. The third kappa shape index (κ3) is 4.06. The molecule has 1 aliphatic heterocycles. The van der Waals surface area contributed by atoms with Gasteiger partial charge in [0.25, 0.3) is 0 Å². The summed E-state index contributed by atoms with van der Waals surface area (Å²) in [5.74, 6) is 0. The van der Waals surface area contributed by atoms with Gasteiger partial charge in [-0.15, -0.1) is 11.8 Å². The van der Waals surface area contributed by atoms with Gasteiger partial charge in [-0.05, 0) is 52.9 Å². The summed E-state index contributed by atoms with van der Waals surface area (Å²) in [6.07, 6.45) is 4.90. The van der Waals surface area contributed by atoms with Crippen LogP contribution in [0.5, 0.6) is 0 Å². The molecule has 0 aliphatic carbocycles. The van der Waals surface area contributed by atoms with Crippen LogP contribution in [0.1, 0.15) is 26.2 Å². The van der Waals surface area contributed by atoms with Crippen LogP contribution in [0.3, 0.4) is 0 Å². The predicted octanol–water partition coefficient (Wildman–Crippen LogP) is 5.50. The van der Waals surface area contributed by atoms with E-state index < -0.39 is 10.0 Å². The van der Waals surface area contributed by atoms with E-state index in [0.717, 1.165) is 40.0 Å². The first-order chi connectivity index (χ1) is 12.9. The summed E-state index contributed by atoms with van der Waals surface area (Å²) in [6, 6.07) is 13.7. The fourth-order valence-electron chi connectivity index (χ4n) is 3.44. The van der Waals surface area contributed by atoms with Gasteiger partial charge in [-0.2, -0.15) is 4.31 Å². The Morgan fingerprint density at radius 2 is 1.93 bits per heavy atom. The molecule has 2 aromatic carbocycles. The minimum absolute atomic E-state index is 0.0703. The molecule has 146 valence electrons. The lowest BCUT2D eigenvalue weighted by Crippen LogP contribution is -2.40. The number of thioether (sulfide) groups is 1. The van der Waals surface area contributed by atoms with Crippen LogP contribution in [0.4, 0.5) is 11.4 Å². The van der Waals surface area contributed by atoms with Crippen molar-refractivity contribution < 1.29 is 8.42 Å². The van der Waals surface area contributed by atoms with Gasteiger partial charge >= 0.3 is 0 Å². The van der Waals surface area contributed by atoms with E-state index in [4.69, 9.17) is 0 Å². The van der Waals surface area contributed by atoms with Crippen LogP contribution >= 0.6 is 27.7 Å². The van der Waals surface area contributed by atoms with Crippen molar-refractivity contribution >= 4 is 49.1 Å². The van der Waals surface area contributed by atoms with E-state index in [9.17, 15) is 8.42 Å². The number of anilines is 2. The quantitative estimate of drug-likeness (QED) is 0.542. The maximum Gasteiger partial charge on any atom is 0.245 e. The first-order valence-corrected chi connectivity index (χ1v) is 12.5. The van der Waals surface area contributed by atoms with E-state index in [0.29, 0.717) is 11.4 Å². The highest BCUT2D eigenvalue weighted by Gasteiger charge is 2.37. The molecule has 1 heterocycles. The molecular formula is C20H25BrN2O2S2. The molecule has 0 saturated carbocycles. The number of unbranched alkanes of at least 4 members (excludes halogenated alkanes) is 1. The molecule has 0 N–H and O–H groups in total. The van der Waals surface area contributed by atoms with Crippen molar-refractivity contribution in [3.05, 3.63) is 46.9 Å². The number of sulfonamides is 1. The van der Waals surface area contributed by atoms with Gasteiger partial charge in [0.2, 0.25) is 10.0 Å². The van der Waals surface area contributed by atoms with Gasteiger partial charge < -0.3 is 4.90 Å². The van der Waals surface area contributed by atoms with Gasteiger partial charge in [-0.3, -0.25) is 0 Å². The Morgan fingerprint density at radius 3 is 2.56 bits per heavy atom. The Morgan fingerprint density at radius 1 is 1.22 bits per heavy atom. The molecule has 0 fully saturated rings. The Bertz CT molecular complexity index is 904. The molecular weight excluding hydrogens is 444 g/mol. The van der Waals surface area contributed by atoms with Crippen LogP contribution in [-0.4, -0.2) is 38.6 Å². The van der Waals surface area contributed by atoms with Gasteiger partial charge in [0.15, 0.2) is 0 Å². The monoisotopic (exact) mass is 468 g/mol. The lowest BCUT2D eigenvalue weighted by atomic mass is 10.1. The molecule has 0 amide bonds. The van der Waals surface area contributed by atoms with Gasteiger partial charge in [0.05, 0.1) is 5.69 Å². The first kappa shape index (κ1) is 20.7. The molecule has 0 aromatic heterocycles. The molecule has 2 aromatic rings. The number of benzene rings is 2. The highest BCUT2D eigenvalue weighted by Crippen LogP contribution is 2.42. The molecule has 1 atom stereocenters. The lowest BCUT2D eigenvalue weighted by molar-refractivity contribution is 0.351. The van der Waals surface area contributed by atoms with Crippen molar-refractivity contribution in [2.24, 2.45) is 0 Å². The molecule has 1 unspecified atom stereocenters. The predicted molar refractivity (Wildman–Crippen MR) is 118 cm³/mol. The van der Waals surface area contributed by atoms with Gasteiger partial charge in [-0.25, -0.2) is 8.42 Å². The van der Waals surface area contributed by atoms with Crippen LogP contribution < -0.4 is 4.90 Å². The second-order valence-electron chi connectivity index (χ2n) is 6.72. The van der Waals surface area contributed by atoms with Crippen LogP contribution in [0.15, 0.2) is 56.7 Å². The second-order valence-corrected chi connectivity index (χ2v) is 10.4. The Labute approximate surface area is 175 Å². The molecule has 0 saturated heterocycles. The number of fused-ring (bicyclic) bond motifs is 1. The molecule has 0 spiro atoms. The molecule has 7 heteroatoms. The first-order valence-electron chi connectivity index (χ1n) is 9.08. The van der Waals surface area contributed by atoms with Crippen LogP contribution in [0, 0.1) is 0 Å². The minimum atomic E-state index is -3.57. The Hall–Kier alpha value is -1.02. The van der Waals surface area contributed by atoms with E-state index in [1.165, 1.54) is 0 Å². The summed E-state index contributed by atoms with van der Waals surface area (Å²) in [6.45, 7) is 2.78. The van der Waals surface area contributed by atoms with E-state index >= 15 is 0 Å². The molecule has 27 heavy (non-hydrogen) atoms. The van der Waals surface area contributed by atoms with Crippen molar-refractivity contribution in [3.63, 3.8) is 0 Å². The summed E-state index contributed by atoms with van der Waals surface area (Å²) in [5.41, 5.74) is 1.76. The topological polar surface area (TPSA) is 40.6 Å². The van der Waals surface area contributed by atoms with Crippen molar-refractivity contribution in [1.29, 1.82) is 0 Å². The summed E-state index contributed by atoms with van der Waals surface area (Å²) in [7, 11) is -1.86. The fourth-order valence-corrected chi connectivity index (χ4v) is 6.48. The zero-order valence-corrected chi connectivity index (χ0v) is 19.1. The average molecular weight is 469 g/mol. The Balaban J connectivity index is 2.23. The SMILES string of the molecule is CCCCC1CN(c2ccccc2)c2cc(SC)c(Br)cc2S(=O)(=O)N1C. The van der Waals surface area contributed by atoms with Crippen molar-refractivity contribution in [2.45, 2.75) is 42.0 Å². The van der Waals surface area contributed by atoms with E-state index in [2.05, 4.69) is 27.8 Å². The number of hydrogen-bond acceptors (Lipinski definition) is 4. The smallest absolute Gasteiger partial charge is 0.245 e. The minimum Gasteiger partial charge on any atom is -0.339 e. The second kappa shape index (κ2) is 8.55. The van der Waals surface area contributed by atoms with Gasteiger partial charge in [0, 0.05) is 34.7 Å². The average Bonchev–Trinajstić information content (AvgIpc) is 2.75. The molecule has 1 aliphatic rings. The molecule has 3 rings (SSSR count). The zero-order chi connectivity index (χ0) is 19.6. The van der Waals surface area contributed by atoms with E-state index in [1.54, 1.807) is 29.2 Å². The van der Waals surface area contributed by atoms with Gasteiger partial charge in [0.1, 0.15) is 4.90 Å². The van der Waals surface area contributed by atoms with Crippen LogP contribution in [-0.2, 0) is 10.0 Å². The number of likely N-dealkylation sites (N-methyl/N-ethyl adjacent to an activating group) is 1. The standard InChI is InChI=1S/C20H25BrN2O2S2/c1-4-5-9-16-14-23(15-10-7-6-8-11-15)18-13-19(26-3)17(21)12-20(18)27(24,25)22(16)2/h6-8,10-13,16H,4-5,9,14H2,1-3H3. The fraction of sp³-hybridized carbons (Fsp3) is 0.400. The number of hydrogen-bond donors (Lipinski definition) is 0. The maximum absolute atomic E-state index is 13.4. The van der Waals surface area contributed by atoms with Crippen molar-refractivity contribution in [2.75, 3.05) is 24.7 Å². The van der Waals surface area contributed by atoms with Crippen LogP contribution in [0.25, 0.3) is 0 Å². The van der Waals surface area contributed by atoms with E-state index in [-0.39, 0.29) is 6.04 Å². The van der Waals surface area contributed by atoms with Crippen molar-refractivity contribution in [3.8, 4) is 0 Å². The summed E-state index contributed by atoms with van der Waals surface area (Å²) in [4.78, 5) is 3.54. The van der Waals surface area contributed by atoms with Gasteiger partial charge in [-0.1, -0.05) is 38.0 Å². The lowest BCUT2D eigenvalue weighted by Gasteiger charge is -2.29. The number of rotatable bonds is 5. The van der Waals surface area contributed by atoms with Crippen molar-refractivity contribution in [1.82, 2.24) is 4.31 Å². The zero-order valence-electron chi connectivity index (χ0n) is 15.9. The molecule has 0 bridgehead atoms. The number of para-hydroxylation sites is 1. The number of halogens is 1. The third-order valence-electron chi connectivity index (χ3n) is 5.05. The molecule has 0 radical (unpaired) electrons. The summed E-state index contributed by atoms with van der Waals surface area (Å²) in [5, 5.41) is 0. The normalized spacial score (nSPS) is 19.6. The molecule has 4 nitrogen and oxygen atoms in total.